The third kappa shape index (κ3) is 6.79. The Morgan fingerprint density at radius 3 is 2.32 bits per heavy atom. The zero-order valence-electron chi connectivity index (χ0n) is 21.3. The number of nitrogens with zero attached hydrogens (tertiary/aromatic N) is 3. The number of carbonyl (C=O) groups is 1. The zero-order chi connectivity index (χ0) is 27.1. The molecule has 0 spiro atoms. The fourth-order valence-electron chi connectivity index (χ4n) is 4.53. The first-order valence-corrected chi connectivity index (χ1v) is 14.3. The molecule has 2 aromatic carbocycles. The van der Waals surface area contributed by atoms with E-state index in [4.69, 9.17) is 11.6 Å². The molecule has 0 bridgehead atoms. The van der Waals surface area contributed by atoms with Gasteiger partial charge in [-0.2, -0.15) is 0 Å². The lowest BCUT2D eigenvalue weighted by atomic mass is 10.1. The van der Waals surface area contributed by atoms with Crippen LogP contribution in [0.1, 0.15) is 24.1 Å². The molecule has 2 atom stereocenters. The van der Waals surface area contributed by atoms with E-state index in [1.165, 1.54) is 23.8 Å². The molecule has 2 N–H and O–H groups in total. The summed E-state index contributed by atoms with van der Waals surface area (Å²) in [5, 5.41) is 5.34. The van der Waals surface area contributed by atoms with E-state index in [-0.39, 0.29) is 17.0 Å². The van der Waals surface area contributed by atoms with Crippen LogP contribution in [-0.2, 0) is 16.4 Å². The van der Waals surface area contributed by atoms with Crippen molar-refractivity contribution >= 4 is 33.2 Å². The van der Waals surface area contributed by atoms with Crippen molar-refractivity contribution in [2.75, 3.05) is 31.5 Å². The van der Waals surface area contributed by atoms with Crippen LogP contribution in [0.3, 0.4) is 0 Å². The van der Waals surface area contributed by atoms with Gasteiger partial charge in [-0.05, 0) is 60.5 Å². The number of amides is 2. The number of piperazine rings is 1. The van der Waals surface area contributed by atoms with Gasteiger partial charge in [0, 0.05) is 61.9 Å². The van der Waals surface area contributed by atoms with E-state index < -0.39 is 15.2 Å². The smallest absolute Gasteiger partial charge is 0.319 e. The van der Waals surface area contributed by atoms with E-state index in [2.05, 4.69) is 34.0 Å². The quantitative estimate of drug-likeness (QED) is 0.372. The molecule has 1 aromatic heterocycles. The predicted molar refractivity (Wildman–Crippen MR) is 151 cm³/mol. The standard InChI is InChI=1S/C28H32ClN5O3S/c1-3-27(34-17-15-33(16-18-34)21(2)23-6-8-24(29)9-7-23)38(36,37)26-12-10-25(11-13-26)32-28(35)31-20-22-5-4-14-30-19-22/h3-14,19,21,27H,1,15-18,20H2,2H3,(H2,31,32,35)/t21-,27?/m1/s1. The van der Waals surface area contributed by atoms with Crippen molar-refractivity contribution in [3.8, 4) is 0 Å². The Kier molecular flexibility index (Phi) is 9.17. The third-order valence-corrected chi connectivity index (χ3v) is 9.05. The Morgan fingerprint density at radius 1 is 1.05 bits per heavy atom. The van der Waals surface area contributed by atoms with E-state index in [0.29, 0.717) is 30.3 Å². The Bertz CT molecular complexity index is 1330. The molecule has 3 aromatic rings. The number of sulfone groups is 1. The number of benzene rings is 2. The molecule has 10 heteroatoms. The number of rotatable bonds is 9. The van der Waals surface area contributed by atoms with Crippen molar-refractivity contribution in [3.05, 3.63) is 102 Å². The molecule has 0 aliphatic carbocycles. The highest BCUT2D eigenvalue weighted by Gasteiger charge is 2.33. The van der Waals surface area contributed by atoms with Gasteiger partial charge in [0.2, 0.25) is 0 Å². The molecule has 200 valence electrons. The van der Waals surface area contributed by atoms with E-state index in [0.717, 1.165) is 18.7 Å². The van der Waals surface area contributed by atoms with Crippen molar-refractivity contribution in [1.29, 1.82) is 0 Å². The molecule has 2 amide bonds. The van der Waals surface area contributed by atoms with E-state index in [1.807, 2.05) is 35.2 Å². The lowest BCUT2D eigenvalue weighted by Gasteiger charge is -2.40. The Morgan fingerprint density at radius 2 is 1.71 bits per heavy atom. The van der Waals surface area contributed by atoms with Crippen LogP contribution in [0.4, 0.5) is 10.5 Å². The molecule has 1 aliphatic rings. The lowest BCUT2D eigenvalue weighted by Crippen LogP contribution is -2.52. The summed E-state index contributed by atoms with van der Waals surface area (Å²) in [7, 11) is -3.70. The predicted octanol–water partition coefficient (Wildman–Crippen LogP) is 4.72. The number of urea groups is 1. The van der Waals surface area contributed by atoms with Crippen LogP contribution in [0.15, 0.2) is 90.6 Å². The van der Waals surface area contributed by atoms with Gasteiger partial charge >= 0.3 is 6.03 Å². The minimum Gasteiger partial charge on any atom is -0.334 e. The summed E-state index contributed by atoms with van der Waals surface area (Å²) < 4.78 is 27.0. The van der Waals surface area contributed by atoms with Gasteiger partial charge in [-0.1, -0.05) is 35.9 Å². The summed E-state index contributed by atoms with van der Waals surface area (Å²) in [6.45, 7) is 8.98. The van der Waals surface area contributed by atoms with E-state index >= 15 is 0 Å². The number of hydrogen-bond acceptors (Lipinski definition) is 6. The van der Waals surface area contributed by atoms with Crippen molar-refractivity contribution < 1.29 is 13.2 Å². The van der Waals surface area contributed by atoms with Crippen LogP contribution in [-0.4, -0.2) is 60.8 Å². The van der Waals surface area contributed by atoms with E-state index in [9.17, 15) is 13.2 Å². The van der Waals surface area contributed by atoms with Gasteiger partial charge < -0.3 is 10.6 Å². The van der Waals surface area contributed by atoms with Gasteiger partial charge in [-0.25, -0.2) is 13.2 Å². The largest absolute Gasteiger partial charge is 0.334 e. The van der Waals surface area contributed by atoms with Crippen LogP contribution in [0.5, 0.6) is 0 Å². The molecule has 0 radical (unpaired) electrons. The number of aromatic nitrogens is 1. The van der Waals surface area contributed by atoms with Gasteiger partial charge in [0.1, 0.15) is 5.37 Å². The SMILES string of the molecule is C=CC(N1CCN([C@H](C)c2ccc(Cl)cc2)CC1)S(=O)(=O)c1ccc(NC(=O)NCc2cccnc2)cc1. The van der Waals surface area contributed by atoms with Crippen molar-refractivity contribution in [2.24, 2.45) is 0 Å². The average molecular weight is 554 g/mol. The molecule has 1 saturated heterocycles. The van der Waals surface area contributed by atoms with Gasteiger partial charge in [-0.15, -0.1) is 6.58 Å². The number of carbonyl (C=O) groups excluding carboxylic acids is 1. The number of pyridine rings is 1. The van der Waals surface area contributed by atoms with Crippen LogP contribution in [0, 0.1) is 0 Å². The molecular weight excluding hydrogens is 522 g/mol. The summed E-state index contributed by atoms with van der Waals surface area (Å²) in [6.07, 6.45) is 4.83. The average Bonchev–Trinajstić information content (AvgIpc) is 2.93. The molecule has 38 heavy (non-hydrogen) atoms. The van der Waals surface area contributed by atoms with E-state index in [1.54, 1.807) is 30.6 Å². The second kappa shape index (κ2) is 12.5. The maximum absolute atomic E-state index is 13.5. The summed E-state index contributed by atoms with van der Waals surface area (Å²) in [5.41, 5.74) is 2.54. The Labute approximate surface area is 229 Å². The third-order valence-electron chi connectivity index (χ3n) is 6.75. The van der Waals surface area contributed by atoms with Crippen molar-refractivity contribution in [1.82, 2.24) is 20.1 Å². The fraction of sp³-hybridized carbons (Fsp3) is 0.286. The Balaban J connectivity index is 1.34. The van der Waals surface area contributed by atoms with Gasteiger partial charge in [-0.3, -0.25) is 14.8 Å². The van der Waals surface area contributed by atoms with Crippen LogP contribution >= 0.6 is 11.6 Å². The molecule has 2 heterocycles. The second-order valence-corrected chi connectivity index (χ2v) is 11.6. The first-order valence-electron chi connectivity index (χ1n) is 12.4. The van der Waals surface area contributed by atoms with Gasteiger partial charge in [0.25, 0.3) is 0 Å². The first-order chi connectivity index (χ1) is 18.3. The highest BCUT2D eigenvalue weighted by molar-refractivity contribution is 7.92. The number of anilines is 1. The lowest BCUT2D eigenvalue weighted by molar-refractivity contribution is 0.102. The van der Waals surface area contributed by atoms with Crippen molar-refractivity contribution in [3.63, 3.8) is 0 Å². The molecule has 0 saturated carbocycles. The number of hydrogen-bond donors (Lipinski definition) is 2. The monoisotopic (exact) mass is 553 g/mol. The molecular formula is C28H32ClN5O3S. The number of nitrogens with one attached hydrogen (secondary N) is 2. The maximum atomic E-state index is 13.5. The van der Waals surface area contributed by atoms with Crippen molar-refractivity contribution in [2.45, 2.75) is 29.8 Å². The molecule has 8 nitrogen and oxygen atoms in total. The summed E-state index contributed by atoms with van der Waals surface area (Å²) in [6, 6.07) is 17.5. The molecule has 4 rings (SSSR count). The van der Waals surface area contributed by atoms with Crippen LogP contribution in [0.2, 0.25) is 5.02 Å². The minimum absolute atomic E-state index is 0.181. The number of halogens is 1. The zero-order valence-corrected chi connectivity index (χ0v) is 22.8. The topological polar surface area (TPSA) is 94.6 Å². The summed E-state index contributed by atoms with van der Waals surface area (Å²) in [4.78, 5) is 20.7. The van der Waals surface area contributed by atoms with Gasteiger partial charge in [0.05, 0.1) is 4.90 Å². The normalized spacial score (nSPS) is 16.4. The molecule has 1 aliphatic heterocycles. The van der Waals surface area contributed by atoms with Crippen LogP contribution in [0.25, 0.3) is 0 Å². The fourth-order valence-corrected chi connectivity index (χ4v) is 6.31. The maximum Gasteiger partial charge on any atom is 0.319 e. The first kappa shape index (κ1) is 27.8. The molecule has 1 fully saturated rings. The van der Waals surface area contributed by atoms with Crippen LogP contribution < -0.4 is 10.6 Å². The summed E-state index contributed by atoms with van der Waals surface area (Å²) >= 11 is 6.02. The Hall–Kier alpha value is -3.24. The second-order valence-electron chi connectivity index (χ2n) is 9.16. The van der Waals surface area contributed by atoms with Gasteiger partial charge in [0.15, 0.2) is 9.84 Å². The highest BCUT2D eigenvalue weighted by Crippen LogP contribution is 2.26. The highest BCUT2D eigenvalue weighted by atomic mass is 35.5. The minimum atomic E-state index is -3.70. The molecule has 1 unspecified atom stereocenters. The summed E-state index contributed by atoms with van der Waals surface area (Å²) in [5.74, 6) is 0.